The lowest BCUT2D eigenvalue weighted by molar-refractivity contribution is -0.120. The maximum absolute atomic E-state index is 11.8. The van der Waals surface area contributed by atoms with Crippen LogP contribution in [-0.4, -0.2) is 38.5 Å². The van der Waals surface area contributed by atoms with Crippen molar-refractivity contribution in [2.75, 3.05) is 6.54 Å². The van der Waals surface area contributed by atoms with Gasteiger partial charge in [0.25, 0.3) is 0 Å². The molecule has 2 rings (SSSR count). The van der Waals surface area contributed by atoms with Crippen molar-refractivity contribution >= 4 is 11.9 Å². The fraction of sp³-hybridized carbons (Fsp3) is 0.286. The summed E-state index contributed by atoms with van der Waals surface area (Å²) in [4.78, 5) is 22.9. The van der Waals surface area contributed by atoms with Crippen molar-refractivity contribution < 1.29 is 14.7 Å². The molecule has 0 saturated carbocycles. The van der Waals surface area contributed by atoms with E-state index in [0.29, 0.717) is 18.7 Å². The van der Waals surface area contributed by atoms with Gasteiger partial charge in [-0.05, 0) is 18.1 Å². The quantitative estimate of drug-likeness (QED) is 0.732. The van der Waals surface area contributed by atoms with Crippen LogP contribution in [0.15, 0.2) is 36.7 Å². The molecule has 21 heavy (non-hydrogen) atoms. The third kappa shape index (κ3) is 4.41. The highest BCUT2D eigenvalue weighted by Gasteiger charge is 2.11. The minimum atomic E-state index is -1.02. The summed E-state index contributed by atoms with van der Waals surface area (Å²) in [5, 5.41) is 19.3. The van der Waals surface area contributed by atoms with Crippen molar-refractivity contribution in [3.05, 3.63) is 47.8 Å². The van der Waals surface area contributed by atoms with E-state index in [9.17, 15) is 9.59 Å². The van der Waals surface area contributed by atoms with Crippen LogP contribution in [0.4, 0.5) is 0 Å². The summed E-state index contributed by atoms with van der Waals surface area (Å²) in [6, 6.07) is 6.51. The number of aromatic nitrogens is 3. The minimum Gasteiger partial charge on any atom is -0.478 e. The number of aryl methyl sites for hydroxylation is 1. The molecule has 0 unspecified atom stereocenters. The summed E-state index contributed by atoms with van der Waals surface area (Å²) in [5.41, 5.74) is 0.675. The number of rotatable bonds is 7. The molecule has 1 aromatic heterocycles. The van der Waals surface area contributed by atoms with Crippen LogP contribution in [0.1, 0.15) is 22.3 Å². The zero-order valence-corrected chi connectivity index (χ0v) is 11.4. The number of carbonyl (C=O) groups is 2. The van der Waals surface area contributed by atoms with Gasteiger partial charge in [-0.15, -0.1) is 5.10 Å². The van der Waals surface area contributed by atoms with Gasteiger partial charge in [-0.25, -0.2) is 4.79 Å². The van der Waals surface area contributed by atoms with Crippen molar-refractivity contribution in [2.45, 2.75) is 19.4 Å². The maximum atomic E-state index is 11.8. The van der Waals surface area contributed by atoms with Crippen LogP contribution in [0.5, 0.6) is 0 Å². The van der Waals surface area contributed by atoms with E-state index >= 15 is 0 Å². The van der Waals surface area contributed by atoms with E-state index in [0.717, 1.165) is 6.42 Å². The molecule has 1 amide bonds. The molecule has 2 N–H and O–H groups in total. The molecule has 1 aromatic carbocycles. The fourth-order valence-electron chi connectivity index (χ4n) is 1.94. The predicted molar refractivity (Wildman–Crippen MR) is 74.8 cm³/mol. The molecular formula is C14H16N4O3. The van der Waals surface area contributed by atoms with Crippen LogP contribution in [0.25, 0.3) is 0 Å². The first-order valence-corrected chi connectivity index (χ1v) is 6.59. The molecule has 0 atom stereocenters. The summed E-state index contributed by atoms with van der Waals surface area (Å²) in [6.07, 6.45) is 4.15. The topological polar surface area (TPSA) is 97.1 Å². The fourth-order valence-corrected chi connectivity index (χ4v) is 1.94. The Hall–Kier alpha value is -2.70. The van der Waals surface area contributed by atoms with Crippen molar-refractivity contribution in [2.24, 2.45) is 0 Å². The van der Waals surface area contributed by atoms with Gasteiger partial charge in [0.2, 0.25) is 5.91 Å². The van der Waals surface area contributed by atoms with E-state index in [2.05, 4.69) is 15.6 Å². The third-order valence-electron chi connectivity index (χ3n) is 2.96. The van der Waals surface area contributed by atoms with Gasteiger partial charge in [0.1, 0.15) is 0 Å². The number of nitrogens with one attached hydrogen (secondary N) is 1. The molecule has 2 aromatic rings. The molecule has 7 nitrogen and oxygen atoms in total. The number of hydrogen-bond acceptors (Lipinski definition) is 4. The van der Waals surface area contributed by atoms with Gasteiger partial charge in [-0.3, -0.25) is 9.48 Å². The van der Waals surface area contributed by atoms with Gasteiger partial charge < -0.3 is 10.4 Å². The van der Waals surface area contributed by atoms with Crippen LogP contribution in [-0.2, 0) is 17.8 Å². The zero-order chi connectivity index (χ0) is 15.1. The molecular weight excluding hydrogens is 272 g/mol. The van der Waals surface area contributed by atoms with Gasteiger partial charge in [0.05, 0.1) is 18.2 Å². The number of nitrogens with zero attached hydrogens (tertiary/aromatic N) is 3. The van der Waals surface area contributed by atoms with Crippen molar-refractivity contribution in [1.29, 1.82) is 0 Å². The highest BCUT2D eigenvalue weighted by Crippen LogP contribution is 2.09. The summed E-state index contributed by atoms with van der Waals surface area (Å²) >= 11 is 0. The highest BCUT2D eigenvalue weighted by molar-refractivity contribution is 5.91. The normalized spacial score (nSPS) is 10.3. The van der Waals surface area contributed by atoms with Crippen LogP contribution in [0.3, 0.4) is 0 Å². The average Bonchev–Trinajstić information content (AvgIpc) is 2.97. The molecule has 110 valence electrons. The Morgan fingerprint density at radius 2 is 2.10 bits per heavy atom. The van der Waals surface area contributed by atoms with E-state index in [4.69, 9.17) is 5.11 Å². The van der Waals surface area contributed by atoms with Gasteiger partial charge in [-0.1, -0.05) is 23.4 Å². The molecule has 1 heterocycles. The first-order chi connectivity index (χ1) is 10.2. The number of hydrogen-bond donors (Lipinski definition) is 2. The number of aromatic carboxylic acids is 1. The number of carboxylic acids is 1. The second kappa shape index (κ2) is 7.18. The smallest absolute Gasteiger partial charge is 0.335 e. The number of carboxylic acid groups (broad SMARTS) is 1. The molecule has 0 radical (unpaired) electrons. The Balaban J connectivity index is 1.78. The summed E-state index contributed by atoms with van der Waals surface area (Å²) in [6.45, 7) is 1.18. The SMILES string of the molecule is O=C(Cc1ccccc1C(=O)O)NCCCn1ccnn1. The molecule has 7 heteroatoms. The summed E-state index contributed by atoms with van der Waals surface area (Å²) in [5.74, 6) is -1.22. The molecule has 0 spiro atoms. The Labute approximate surface area is 121 Å². The van der Waals surface area contributed by atoms with Crippen molar-refractivity contribution in [3.63, 3.8) is 0 Å². The standard InChI is InChI=1S/C14H16N4O3/c19-13(15-6-3-8-18-9-7-16-17-18)10-11-4-1-2-5-12(11)14(20)21/h1-2,4-5,7,9H,3,6,8,10H2,(H,15,19)(H,20,21). The van der Waals surface area contributed by atoms with Gasteiger partial charge >= 0.3 is 5.97 Å². The van der Waals surface area contributed by atoms with E-state index in [1.807, 2.05) is 0 Å². The van der Waals surface area contributed by atoms with Crippen LogP contribution >= 0.6 is 0 Å². The first kappa shape index (κ1) is 14.7. The maximum Gasteiger partial charge on any atom is 0.335 e. The summed E-state index contributed by atoms with van der Waals surface area (Å²) in [7, 11) is 0. The molecule has 0 aliphatic carbocycles. The molecule has 0 bridgehead atoms. The van der Waals surface area contributed by atoms with Crippen LogP contribution < -0.4 is 5.32 Å². The largest absolute Gasteiger partial charge is 0.478 e. The molecule has 0 aliphatic heterocycles. The molecule has 0 saturated heterocycles. The number of benzene rings is 1. The number of carbonyl (C=O) groups excluding carboxylic acids is 1. The van der Waals surface area contributed by atoms with Crippen LogP contribution in [0.2, 0.25) is 0 Å². The Kier molecular flexibility index (Phi) is 5.03. The van der Waals surface area contributed by atoms with Gasteiger partial charge in [0.15, 0.2) is 0 Å². The van der Waals surface area contributed by atoms with Gasteiger partial charge in [-0.2, -0.15) is 0 Å². The van der Waals surface area contributed by atoms with Crippen molar-refractivity contribution in [1.82, 2.24) is 20.3 Å². The highest BCUT2D eigenvalue weighted by atomic mass is 16.4. The molecule has 0 aliphatic rings. The Morgan fingerprint density at radius 3 is 2.81 bits per heavy atom. The average molecular weight is 288 g/mol. The Bertz CT molecular complexity index is 610. The predicted octanol–water partition coefficient (Wildman–Crippen LogP) is 0.725. The third-order valence-corrected chi connectivity index (χ3v) is 2.96. The van der Waals surface area contributed by atoms with Crippen molar-refractivity contribution in [3.8, 4) is 0 Å². The summed E-state index contributed by atoms with van der Waals surface area (Å²) < 4.78 is 1.69. The number of amides is 1. The van der Waals surface area contributed by atoms with E-state index in [1.54, 1.807) is 35.3 Å². The van der Waals surface area contributed by atoms with Gasteiger partial charge in [0, 0.05) is 19.3 Å². The lowest BCUT2D eigenvalue weighted by Gasteiger charge is -2.07. The first-order valence-electron chi connectivity index (χ1n) is 6.59. The Morgan fingerprint density at radius 1 is 1.29 bits per heavy atom. The molecule has 0 fully saturated rings. The van der Waals surface area contributed by atoms with E-state index in [1.165, 1.54) is 6.07 Å². The lowest BCUT2D eigenvalue weighted by Crippen LogP contribution is -2.27. The zero-order valence-electron chi connectivity index (χ0n) is 11.4. The van der Waals surface area contributed by atoms with E-state index in [-0.39, 0.29) is 17.9 Å². The second-order valence-electron chi connectivity index (χ2n) is 4.51. The monoisotopic (exact) mass is 288 g/mol. The van der Waals surface area contributed by atoms with Crippen LogP contribution in [0, 0.1) is 0 Å². The van der Waals surface area contributed by atoms with E-state index < -0.39 is 5.97 Å². The second-order valence-corrected chi connectivity index (χ2v) is 4.51. The lowest BCUT2D eigenvalue weighted by atomic mass is 10.0. The minimum absolute atomic E-state index is 0.0613.